The van der Waals surface area contributed by atoms with Gasteiger partial charge in [-0.15, -0.1) is 0 Å². The molecule has 0 unspecified atom stereocenters. The summed E-state index contributed by atoms with van der Waals surface area (Å²) in [6.07, 6.45) is 0.559. The zero-order chi connectivity index (χ0) is 24.2. The van der Waals surface area contributed by atoms with Crippen LogP contribution in [0.25, 0.3) is 11.3 Å². The van der Waals surface area contributed by atoms with Gasteiger partial charge in [0.25, 0.3) is 5.91 Å². The molecular formula is C26H27Cl2N3O3. The number of hydrogen-bond donors (Lipinski definition) is 1. The van der Waals surface area contributed by atoms with Gasteiger partial charge >= 0.3 is 0 Å². The molecule has 0 bridgehead atoms. The van der Waals surface area contributed by atoms with E-state index < -0.39 is 0 Å². The van der Waals surface area contributed by atoms with Crippen molar-refractivity contribution in [1.82, 2.24) is 4.90 Å². The Kier molecular flexibility index (Phi) is 7.49. The van der Waals surface area contributed by atoms with E-state index in [1.54, 1.807) is 36.4 Å². The Balaban J connectivity index is 1.46. The van der Waals surface area contributed by atoms with E-state index in [1.807, 2.05) is 36.9 Å². The molecule has 4 rings (SSSR count). The average molecular weight is 500 g/mol. The quantitative estimate of drug-likeness (QED) is 0.438. The lowest BCUT2D eigenvalue weighted by Crippen LogP contribution is -2.49. The summed E-state index contributed by atoms with van der Waals surface area (Å²) in [5.74, 6) is 0.934. The van der Waals surface area contributed by atoms with Crippen LogP contribution in [0.3, 0.4) is 0 Å². The number of nitrogens with zero attached hydrogens (tertiary/aromatic N) is 2. The minimum Gasteiger partial charge on any atom is -0.451 e. The van der Waals surface area contributed by atoms with E-state index in [4.69, 9.17) is 27.6 Å². The molecular weight excluding hydrogens is 473 g/mol. The molecule has 0 saturated carbocycles. The maximum Gasteiger partial charge on any atom is 0.291 e. The number of benzene rings is 2. The maximum absolute atomic E-state index is 13.0. The fourth-order valence-electron chi connectivity index (χ4n) is 3.97. The highest BCUT2D eigenvalue weighted by atomic mass is 35.5. The van der Waals surface area contributed by atoms with Gasteiger partial charge in [-0.1, -0.05) is 37.0 Å². The molecule has 0 aliphatic carbocycles. The maximum atomic E-state index is 13.0. The van der Waals surface area contributed by atoms with Crippen molar-refractivity contribution in [2.75, 3.05) is 36.4 Å². The van der Waals surface area contributed by atoms with Crippen molar-refractivity contribution < 1.29 is 14.0 Å². The van der Waals surface area contributed by atoms with Crippen LogP contribution >= 0.6 is 23.2 Å². The first-order valence-electron chi connectivity index (χ1n) is 11.3. The van der Waals surface area contributed by atoms with Gasteiger partial charge in [-0.2, -0.15) is 0 Å². The Morgan fingerprint density at radius 3 is 2.29 bits per heavy atom. The molecule has 0 radical (unpaired) electrons. The molecule has 1 aliphatic rings. The van der Waals surface area contributed by atoms with Crippen molar-refractivity contribution >= 4 is 46.4 Å². The van der Waals surface area contributed by atoms with Gasteiger partial charge in [0.05, 0.1) is 11.4 Å². The molecule has 1 fully saturated rings. The first-order chi connectivity index (χ1) is 16.3. The number of halogens is 2. The molecule has 0 atom stereocenters. The van der Waals surface area contributed by atoms with Gasteiger partial charge in [-0.05, 0) is 60.5 Å². The summed E-state index contributed by atoms with van der Waals surface area (Å²) < 4.78 is 5.79. The van der Waals surface area contributed by atoms with Gasteiger partial charge in [-0.25, -0.2) is 0 Å². The normalized spacial score (nSPS) is 13.9. The highest BCUT2D eigenvalue weighted by Crippen LogP contribution is 2.31. The number of furan rings is 1. The van der Waals surface area contributed by atoms with E-state index in [0.717, 1.165) is 11.3 Å². The molecule has 1 aromatic heterocycles. The van der Waals surface area contributed by atoms with Crippen LogP contribution in [-0.4, -0.2) is 42.9 Å². The number of anilines is 2. The topological polar surface area (TPSA) is 65.8 Å². The first kappa shape index (κ1) is 24.2. The van der Waals surface area contributed by atoms with Crippen LogP contribution < -0.4 is 10.2 Å². The summed E-state index contributed by atoms with van der Waals surface area (Å²) in [5.41, 5.74) is 2.29. The van der Waals surface area contributed by atoms with Gasteiger partial charge in [0, 0.05) is 48.2 Å². The fourth-order valence-corrected chi connectivity index (χ4v) is 4.27. The second-order valence-electron chi connectivity index (χ2n) is 8.75. The third-order valence-electron chi connectivity index (χ3n) is 5.72. The second kappa shape index (κ2) is 10.5. The molecule has 1 N–H and O–H groups in total. The molecule has 34 heavy (non-hydrogen) atoms. The second-order valence-corrected chi connectivity index (χ2v) is 9.63. The predicted octanol–water partition coefficient (Wildman–Crippen LogP) is 6.20. The molecule has 8 heteroatoms. The van der Waals surface area contributed by atoms with Gasteiger partial charge < -0.3 is 19.5 Å². The van der Waals surface area contributed by atoms with E-state index in [1.165, 1.54) is 0 Å². The van der Waals surface area contributed by atoms with E-state index in [9.17, 15) is 9.59 Å². The molecule has 2 amide bonds. The molecule has 2 heterocycles. The van der Waals surface area contributed by atoms with E-state index >= 15 is 0 Å². The summed E-state index contributed by atoms with van der Waals surface area (Å²) in [5, 5.41) is 4.09. The van der Waals surface area contributed by atoms with Crippen molar-refractivity contribution in [2.24, 2.45) is 5.92 Å². The number of hydrogen-bond acceptors (Lipinski definition) is 4. The molecule has 3 aromatic rings. The Labute approximate surface area is 209 Å². The number of carbonyl (C=O) groups excluding carboxylic acids is 2. The third kappa shape index (κ3) is 5.75. The molecule has 1 saturated heterocycles. The Morgan fingerprint density at radius 1 is 0.941 bits per heavy atom. The summed E-state index contributed by atoms with van der Waals surface area (Å²) in [6.45, 7) is 6.74. The molecule has 1 aliphatic heterocycles. The van der Waals surface area contributed by atoms with Gasteiger partial charge in [-0.3, -0.25) is 9.59 Å². The lowest BCUT2D eigenvalue weighted by molar-refractivity contribution is -0.132. The largest absolute Gasteiger partial charge is 0.451 e. The summed E-state index contributed by atoms with van der Waals surface area (Å²) in [4.78, 5) is 29.4. The number of piperazine rings is 1. The van der Waals surface area contributed by atoms with Crippen molar-refractivity contribution in [1.29, 1.82) is 0 Å². The van der Waals surface area contributed by atoms with Crippen LogP contribution in [0.5, 0.6) is 0 Å². The Bertz CT molecular complexity index is 1170. The van der Waals surface area contributed by atoms with Crippen molar-refractivity contribution in [3.63, 3.8) is 0 Å². The Morgan fingerprint density at radius 2 is 1.62 bits per heavy atom. The molecule has 6 nitrogen and oxygen atoms in total. The van der Waals surface area contributed by atoms with Crippen molar-refractivity contribution in [3.05, 3.63) is 70.4 Å². The highest BCUT2D eigenvalue weighted by Gasteiger charge is 2.24. The minimum atomic E-state index is -0.366. The predicted molar refractivity (Wildman–Crippen MR) is 137 cm³/mol. The third-order valence-corrected chi connectivity index (χ3v) is 6.21. The van der Waals surface area contributed by atoms with Gasteiger partial charge in [0.2, 0.25) is 5.91 Å². The van der Waals surface area contributed by atoms with Crippen LogP contribution in [0.4, 0.5) is 11.4 Å². The van der Waals surface area contributed by atoms with E-state index in [0.29, 0.717) is 60.0 Å². The average Bonchev–Trinajstić information content (AvgIpc) is 3.30. The van der Waals surface area contributed by atoms with E-state index in [-0.39, 0.29) is 17.6 Å². The van der Waals surface area contributed by atoms with Crippen LogP contribution in [0.1, 0.15) is 30.8 Å². The van der Waals surface area contributed by atoms with Crippen LogP contribution in [0.2, 0.25) is 10.0 Å². The zero-order valence-electron chi connectivity index (χ0n) is 19.2. The number of nitrogens with one attached hydrogen (secondary N) is 1. The molecule has 2 aromatic carbocycles. The van der Waals surface area contributed by atoms with Crippen LogP contribution in [-0.2, 0) is 4.79 Å². The van der Waals surface area contributed by atoms with E-state index in [2.05, 4.69) is 10.2 Å². The number of rotatable bonds is 6. The lowest BCUT2D eigenvalue weighted by atomic mass is 10.1. The standard InChI is InChI=1S/C26H27Cl2N3O3/c1-17(2)15-25(32)31-13-11-30(12-14-31)22-8-7-20(28)16-21(22)29-26(33)24-10-9-23(34-24)18-3-5-19(27)6-4-18/h3-10,16-17H,11-15H2,1-2H3,(H,29,33). The highest BCUT2D eigenvalue weighted by molar-refractivity contribution is 6.31. The monoisotopic (exact) mass is 499 g/mol. The van der Waals surface area contributed by atoms with Gasteiger partial charge in [0.15, 0.2) is 5.76 Å². The zero-order valence-corrected chi connectivity index (χ0v) is 20.7. The van der Waals surface area contributed by atoms with Crippen molar-refractivity contribution in [3.8, 4) is 11.3 Å². The first-order valence-corrected chi connectivity index (χ1v) is 12.0. The SMILES string of the molecule is CC(C)CC(=O)N1CCN(c2ccc(Cl)cc2NC(=O)c2ccc(-c3ccc(Cl)cc3)o2)CC1. The summed E-state index contributed by atoms with van der Waals surface area (Å²) >= 11 is 12.2. The van der Waals surface area contributed by atoms with Crippen molar-refractivity contribution in [2.45, 2.75) is 20.3 Å². The molecule has 178 valence electrons. The summed E-state index contributed by atoms with van der Waals surface area (Å²) in [7, 11) is 0. The Hall–Kier alpha value is -2.96. The summed E-state index contributed by atoms with van der Waals surface area (Å²) in [6, 6.07) is 16.0. The van der Waals surface area contributed by atoms with Gasteiger partial charge in [0.1, 0.15) is 5.76 Å². The number of carbonyl (C=O) groups is 2. The molecule has 0 spiro atoms. The van der Waals surface area contributed by atoms with Crippen LogP contribution in [0.15, 0.2) is 59.0 Å². The number of amides is 2. The smallest absolute Gasteiger partial charge is 0.291 e. The van der Waals surface area contributed by atoms with Crippen LogP contribution in [0, 0.1) is 5.92 Å². The lowest BCUT2D eigenvalue weighted by Gasteiger charge is -2.37. The minimum absolute atomic E-state index is 0.189. The fraction of sp³-hybridized carbons (Fsp3) is 0.308.